The first-order valence-corrected chi connectivity index (χ1v) is 0. The van der Waals surface area contributed by atoms with E-state index in [1.54, 1.807) is 0 Å². The van der Waals surface area contributed by atoms with Gasteiger partial charge in [0.25, 0.3) is 0 Å². The van der Waals surface area contributed by atoms with Crippen LogP contribution in [-0.4, -0.2) is 0 Å². The van der Waals surface area contributed by atoms with E-state index in [-0.39, 0.29) is 90.2 Å². The summed E-state index contributed by atoms with van der Waals surface area (Å²) < 4.78 is 0. The van der Waals surface area contributed by atoms with Crippen LogP contribution in [0.5, 0.6) is 0 Å². The molecule has 0 aromatic carbocycles. The minimum atomic E-state index is 0. The molecule has 0 aromatic rings. The Hall–Kier alpha value is 2.79. The Bertz CT molecular complexity index is 4.00. The maximum Gasteiger partial charge on any atom is 3.00 e. The van der Waals surface area contributed by atoms with E-state index in [4.69, 9.17) is 0 Å². The molecule has 0 saturated carbocycles. The maximum absolute atomic E-state index is 0. The fraction of sp³-hybridized carbons (Fsp3) is 0. The Morgan fingerprint density at radius 2 is 0.500 bits per heavy atom. The molecule has 16 valence electrons. The molecule has 0 rings (SSSR count). The fourth-order valence-electron chi connectivity index (χ4n) is 0. The fourth-order valence-corrected chi connectivity index (χ4v) is 0. The van der Waals surface area contributed by atoms with Gasteiger partial charge in [-0.15, -0.1) is 0 Å². The first-order chi connectivity index (χ1) is 0. The van der Waals surface area contributed by atoms with Crippen LogP contribution in [0.25, 0.3) is 0 Å². The summed E-state index contributed by atoms with van der Waals surface area (Å²) in [6, 6.07) is 0. The second-order valence-electron chi connectivity index (χ2n) is 0. The first kappa shape index (κ1) is 29.3. The monoisotopic (exact) mass is 248 g/mol. The van der Waals surface area contributed by atoms with Gasteiger partial charge in [-0.1, -0.05) is 0 Å². The first-order valence-electron chi connectivity index (χ1n) is 0. The molecule has 0 heterocycles. The van der Waals surface area contributed by atoms with Crippen molar-refractivity contribution in [2.75, 3.05) is 0 Å². The van der Waals surface area contributed by atoms with Gasteiger partial charge in [0.15, 0.2) is 0 Å². The minimum Gasteiger partial charge on any atom is -1.00 e. The molecule has 0 nitrogen and oxygen atoms in total. The molecule has 4 heteroatoms. The Balaban J connectivity index is 0. The summed E-state index contributed by atoms with van der Waals surface area (Å²) in [4.78, 5) is 0. The zero-order valence-electron chi connectivity index (χ0n) is 1.91. The summed E-state index contributed by atoms with van der Waals surface area (Å²) in [6.07, 6.45) is 0. The van der Waals surface area contributed by atoms with Crippen LogP contribution >= 0.6 is 0 Å². The van der Waals surface area contributed by atoms with Crippen LogP contribution in [-0.2, 0) is 65.4 Å². The Morgan fingerprint density at radius 1 is 0.500 bits per heavy atom. The predicted octanol–water partition coefficient (Wildman–Crippen LogP) is -6.00. The van der Waals surface area contributed by atoms with E-state index in [2.05, 4.69) is 0 Å². The summed E-state index contributed by atoms with van der Waals surface area (Å²) in [7, 11) is 0. The minimum absolute atomic E-state index is 0. The zero-order chi connectivity index (χ0) is 0. The Morgan fingerprint density at radius 3 is 0.500 bits per heavy atom. The Labute approximate surface area is 88.4 Å². The summed E-state index contributed by atoms with van der Waals surface area (Å²) in [6.45, 7) is 0. The van der Waals surface area contributed by atoms with Crippen molar-refractivity contribution in [3.05, 3.63) is 0 Å². The van der Waals surface area contributed by atoms with Crippen LogP contribution in [0, 0.1) is 0 Å². The summed E-state index contributed by atoms with van der Waals surface area (Å²) >= 11 is 0. The van der Waals surface area contributed by atoms with Crippen LogP contribution in [0.15, 0.2) is 0 Å². The van der Waals surface area contributed by atoms with Crippen molar-refractivity contribution < 1.29 is 90.2 Å². The summed E-state index contributed by atoms with van der Waals surface area (Å²) in [5.74, 6) is 0. The number of halogens is 2. The molecule has 0 radical (unpaired) electrons. The van der Waals surface area contributed by atoms with Crippen molar-refractivity contribution in [3.8, 4) is 0 Å². The average Bonchev–Trinajstić information content (AvgIpc) is 0. The molecule has 0 amide bonds. The Kier molecular flexibility index (Phi) is 125. The summed E-state index contributed by atoms with van der Waals surface area (Å²) in [5.41, 5.74) is 0. The van der Waals surface area contributed by atoms with Crippen molar-refractivity contribution in [3.63, 3.8) is 0 Å². The molecule has 0 unspecified atom stereocenters. The van der Waals surface area contributed by atoms with Crippen molar-refractivity contribution in [2.24, 2.45) is 0 Å². The topological polar surface area (TPSA) is 0 Å². The van der Waals surface area contributed by atoms with E-state index in [0.29, 0.717) is 0 Å². The molecule has 0 aliphatic heterocycles. The van der Waals surface area contributed by atoms with Crippen LogP contribution in [0.3, 0.4) is 0 Å². The van der Waals surface area contributed by atoms with E-state index < -0.39 is 0 Å². The number of hydrogen-bond donors (Lipinski definition) is 0. The molecule has 0 aliphatic carbocycles. The molecule has 0 aliphatic rings. The van der Waals surface area contributed by atoms with E-state index in [9.17, 15) is 0 Å². The second kappa shape index (κ2) is 17.1. The van der Waals surface area contributed by atoms with Gasteiger partial charge in [0, 0.05) is 0 Å². The third-order valence-corrected chi connectivity index (χ3v) is 0. The normalized spacial score (nSPS) is 0. The predicted molar refractivity (Wildman–Crippen MR) is 0 cm³/mol. The summed E-state index contributed by atoms with van der Waals surface area (Å²) in [5, 5.41) is 0. The average molecular weight is 249 g/mol. The van der Waals surface area contributed by atoms with Gasteiger partial charge in [0.05, 0.1) is 0 Å². The van der Waals surface area contributed by atoms with Crippen LogP contribution in [0.2, 0.25) is 0 Å². The molecule has 0 spiro atoms. The molecule has 0 atom stereocenters. The molecule has 4 heavy (non-hydrogen) atoms. The van der Waals surface area contributed by atoms with Crippen molar-refractivity contribution in [1.29, 1.82) is 0 Å². The van der Waals surface area contributed by atoms with Gasteiger partial charge in [-0.05, 0) is 0 Å². The van der Waals surface area contributed by atoms with Gasteiger partial charge in [0.2, 0.25) is 0 Å². The second-order valence-corrected chi connectivity index (χ2v) is 0. The van der Waals surface area contributed by atoms with E-state index in [0.717, 1.165) is 0 Å². The third kappa shape index (κ3) is 8.84. The molecule has 0 bridgehead atoms. The zero-order valence-corrected chi connectivity index (χ0v) is 9.10. The molecule has 0 aromatic heterocycles. The third-order valence-electron chi connectivity index (χ3n) is 0. The van der Waals surface area contributed by atoms with Gasteiger partial charge in [-0.25, -0.2) is 0 Å². The molecular formula is Cl2Y2+4. The largest absolute Gasteiger partial charge is 3.00 e. The standard InChI is InChI=1S/2ClH.2Y/h2*1H;;/q;;2*+3/p-2. The molecular weight excluding hydrogens is 249 g/mol. The molecule has 0 N–H and O–H groups in total. The number of rotatable bonds is 0. The van der Waals surface area contributed by atoms with Gasteiger partial charge in [-0.3, -0.25) is 0 Å². The SMILES string of the molecule is [Cl-].[Cl-].[Y+3].[Y+3]. The smallest absolute Gasteiger partial charge is 1.00 e. The number of hydrogen-bond acceptors (Lipinski definition) is 0. The quantitative estimate of drug-likeness (QED) is 0.401. The maximum atomic E-state index is 0. The van der Waals surface area contributed by atoms with Crippen molar-refractivity contribution in [1.82, 2.24) is 0 Å². The van der Waals surface area contributed by atoms with Crippen molar-refractivity contribution in [2.45, 2.75) is 0 Å². The van der Waals surface area contributed by atoms with E-state index in [1.807, 2.05) is 0 Å². The van der Waals surface area contributed by atoms with Crippen LogP contribution < -0.4 is 24.8 Å². The van der Waals surface area contributed by atoms with Gasteiger partial charge < -0.3 is 24.8 Å². The van der Waals surface area contributed by atoms with Crippen LogP contribution in [0.1, 0.15) is 0 Å². The van der Waals surface area contributed by atoms with Gasteiger partial charge in [0.1, 0.15) is 0 Å². The van der Waals surface area contributed by atoms with Crippen molar-refractivity contribution >= 4 is 0 Å². The van der Waals surface area contributed by atoms with Gasteiger partial charge in [-0.2, -0.15) is 0 Å². The van der Waals surface area contributed by atoms with E-state index >= 15 is 0 Å². The van der Waals surface area contributed by atoms with Crippen LogP contribution in [0.4, 0.5) is 0 Å². The molecule has 0 fully saturated rings. The van der Waals surface area contributed by atoms with Gasteiger partial charge >= 0.3 is 65.4 Å². The van der Waals surface area contributed by atoms with E-state index in [1.165, 1.54) is 0 Å². The molecule has 0 saturated heterocycles.